The first-order chi connectivity index (χ1) is 13.1. The number of carbonyl (C=O) groups excluding carboxylic acids is 2. The molecule has 3 rings (SSSR count). The minimum Gasteiger partial charge on any atom is -0.493 e. The molecule has 1 aliphatic rings. The number of hydrogen-bond donors (Lipinski definition) is 0. The first-order valence-corrected chi connectivity index (χ1v) is 9.18. The molecule has 1 saturated heterocycles. The molecule has 0 saturated carbocycles. The molecular formula is C21H25NO5. The van der Waals surface area contributed by atoms with Gasteiger partial charge in [-0.1, -0.05) is 0 Å². The number of ether oxygens (including phenoxy) is 2. The summed E-state index contributed by atoms with van der Waals surface area (Å²) in [5, 5.41) is 0. The average molecular weight is 371 g/mol. The van der Waals surface area contributed by atoms with Crippen LogP contribution in [0.5, 0.6) is 11.5 Å². The lowest BCUT2D eigenvalue weighted by molar-refractivity contribution is -0.132. The number of furan rings is 1. The largest absolute Gasteiger partial charge is 0.493 e. The third-order valence-corrected chi connectivity index (χ3v) is 4.98. The van der Waals surface area contributed by atoms with Crippen LogP contribution in [0.3, 0.4) is 0 Å². The molecular weight excluding hydrogens is 346 g/mol. The van der Waals surface area contributed by atoms with E-state index in [0.29, 0.717) is 43.0 Å². The summed E-state index contributed by atoms with van der Waals surface area (Å²) in [4.78, 5) is 27.3. The molecule has 0 spiro atoms. The van der Waals surface area contributed by atoms with Crippen LogP contribution in [0.1, 0.15) is 35.4 Å². The van der Waals surface area contributed by atoms with Crippen molar-refractivity contribution in [3.05, 3.63) is 47.9 Å². The number of piperidine rings is 1. The number of benzene rings is 1. The van der Waals surface area contributed by atoms with Gasteiger partial charge in [0.05, 0.1) is 20.5 Å². The summed E-state index contributed by atoms with van der Waals surface area (Å²) in [6.07, 6.45) is 4.20. The van der Waals surface area contributed by atoms with Crippen LogP contribution >= 0.6 is 0 Å². The van der Waals surface area contributed by atoms with Crippen LogP contribution < -0.4 is 9.47 Å². The van der Waals surface area contributed by atoms with Crippen molar-refractivity contribution in [1.82, 2.24) is 4.90 Å². The minimum atomic E-state index is -0.190. The Morgan fingerprint density at radius 3 is 2.70 bits per heavy atom. The van der Waals surface area contributed by atoms with Gasteiger partial charge < -0.3 is 18.8 Å². The molecule has 1 atom stereocenters. The molecule has 2 heterocycles. The maximum absolute atomic E-state index is 12.9. The zero-order valence-electron chi connectivity index (χ0n) is 15.8. The van der Waals surface area contributed by atoms with E-state index in [0.717, 1.165) is 18.6 Å². The molecule has 0 aliphatic carbocycles. The van der Waals surface area contributed by atoms with Gasteiger partial charge >= 0.3 is 0 Å². The van der Waals surface area contributed by atoms with Crippen molar-refractivity contribution in [2.24, 2.45) is 5.92 Å². The highest BCUT2D eigenvalue weighted by molar-refractivity contribution is 5.99. The second-order valence-corrected chi connectivity index (χ2v) is 6.69. The Kier molecular flexibility index (Phi) is 6.16. The van der Waals surface area contributed by atoms with Crippen LogP contribution in [0.15, 0.2) is 41.0 Å². The summed E-state index contributed by atoms with van der Waals surface area (Å²) in [7, 11) is 3.11. The van der Waals surface area contributed by atoms with Crippen LogP contribution in [0.2, 0.25) is 0 Å². The van der Waals surface area contributed by atoms with Gasteiger partial charge in [-0.25, -0.2) is 0 Å². The van der Waals surface area contributed by atoms with Crippen molar-refractivity contribution >= 4 is 11.7 Å². The van der Waals surface area contributed by atoms with Gasteiger partial charge in [-0.3, -0.25) is 9.59 Å². The summed E-state index contributed by atoms with van der Waals surface area (Å²) >= 11 is 0. The second-order valence-electron chi connectivity index (χ2n) is 6.69. The Balaban J connectivity index is 1.63. The Morgan fingerprint density at radius 2 is 2.00 bits per heavy atom. The van der Waals surface area contributed by atoms with Gasteiger partial charge in [0.25, 0.3) is 0 Å². The number of likely N-dealkylation sites (tertiary alicyclic amines) is 1. The lowest BCUT2D eigenvalue weighted by Crippen LogP contribution is -2.42. The molecule has 6 nitrogen and oxygen atoms in total. The quantitative estimate of drug-likeness (QED) is 0.698. The normalized spacial score (nSPS) is 16.8. The molecule has 1 amide bonds. The molecule has 0 unspecified atom stereocenters. The third-order valence-electron chi connectivity index (χ3n) is 4.98. The minimum absolute atomic E-state index is 0.0412. The fourth-order valence-electron chi connectivity index (χ4n) is 3.49. The number of hydrogen-bond acceptors (Lipinski definition) is 5. The van der Waals surface area contributed by atoms with Crippen molar-refractivity contribution in [1.29, 1.82) is 0 Å². The number of amides is 1. The number of Topliss-reactive ketones (excluding diaryl/α,β-unsaturated/α-hetero) is 1. The zero-order valence-corrected chi connectivity index (χ0v) is 15.8. The topological polar surface area (TPSA) is 69.0 Å². The van der Waals surface area contributed by atoms with Gasteiger partial charge in [0.15, 0.2) is 17.3 Å². The molecule has 0 N–H and O–H groups in total. The Labute approximate surface area is 159 Å². The first-order valence-electron chi connectivity index (χ1n) is 9.18. The van der Waals surface area contributed by atoms with Gasteiger partial charge in [0, 0.05) is 37.4 Å². The van der Waals surface area contributed by atoms with E-state index in [4.69, 9.17) is 13.9 Å². The van der Waals surface area contributed by atoms with E-state index in [1.807, 2.05) is 12.1 Å². The van der Waals surface area contributed by atoms with Crippen LogP contribution in [0.4, 0.5) is 0 Å². The van der Waals surface area contributed by atoms with Gasteiger partial charge in [-0.15, -0.1) is 0 Å². The number of carbonyl (C=O) groups is 2. The molecule has 144 valence electrons. The standard InChI is InChI=1S/C21H25NO5/c1-25-18-9-7-15(13-19(18)26-2)21(24)16-5-3-11-22(14-16)20(23)10-8-17-6-4-12-27-17/h4,6-7,9,12-13,16H,3,5,8,10-11,14H2,1-2H3/t16-/m1/s1. The molecule has 1 aliphatic heterocycles. The van der Waals surface area contributed by atoms with Crippen LogP contribution in [0, 0.1) is 5.92 Å². The average Bonchev–Trinajstić information content (AvgIpc) is 3.24. The van der Waals surface area contributed by atoms with Crippen molar-refractivity contribution < 1.29 is 23.5 Å². The van der Waals surface area contributed by atoms with E-state index in [-0.39, 0.29) is 17.6 Å². The summed E-state index contributed by atoms with van der Waals surface area (Å²) in [5.74, 6) is 1.84. The highest BCUT2D eigenvalue weighted by atomic mass is 16.5. The Bertz CT molecular complexity index is 784. The van der Waals surface area contributed by atoms with E-state index in [2.05, 4.69) is 0 Å². The highest BCUT2D eigenvalue weighted by Crippen LogP contribution is 2.30. The molecule has 1 aromatic carbocycles. The van der Waals surface area contributed by atoms with E-state index in [9.17, 15) is 9.59 Å². The highest BCUT2D eigenvalue weighted by Gasteiger charge is 2.29. The molecule has 27 heavy (non-hydrogen) atoms. The SMILES string of the molecule is COc1ccc(C(=O)[C@@H]2CCCN(C(=O)CCc3ccco3)C2)cc1OC. The van der Waals surface area contributed by atoms with Crippen LogP contribution in [-0.4, -0.2) is 43.9 Å². The first kappa shape index (κ1) is 19.0. The molecule has 6 heteroatoms. The predicted molar refractivity (Wildman–Crippen MR) is 100 cm³/mol. The van der Waals surface area contributed by atoms with Crippen molar-refractivity contribution in [2.45, 2.75) is 25.7 Å². The van der Waals surface area contributed by atoms with Crippen LogP contribution in [0.25, 0.3) is 0 Å². The summed E-state index contributed by atoms with van der Waals surface area (Å²) in [6.45, 7) is 1.16. The molecule has 2 aromatic rings. The lowest BCUT2D eigenvalue weighted by atomic mass is 9.89. The van der Waals surface area contributed by atoms with E-state index < -0.39 is 0 Å². The predicted octanol–water partition coefficient (Wildman–Crippen LogP) is 3.35. The summed E-state index contributed by atoms with van der Waals surface area (Å²) in [6, 6.07) is 8.88. The number of rotatable bonds is 7. The van der Waals surface area contributed by atoms with Crippen molar-refractivity contribution in [2.75, 3.05) is 27.3 Å². The monoisotopic (exact) mass is 371 g/mol. The van der Waals surface area contributed by atoms with Gasteiger partial charge in [0.1, 0.15) is 5.76 Å². The van der Waals surface area contributed by atoms with Gasteiger partial charge in [-0.2, -0.15) is 0 Å². The number of methoxy groups -OCH3 is 2. The van der Waals surface area contributed by atoms with E-state index >= 15 is 0 Å². The molecule has 0 bridgehead atoms. The fourth-order valence-corrected chi connectivity index (χ4v) is 3.49. The van der Waals surface area contributed by atoms with Crippen molar-refractivity contribution in [3.8, 4) is 11.5 Å². The Hall–Kier alpha value is -2.76. The number of nitrogens with zero attached hydrogens (tertiary/aromatic N) is 1. The molecule has 0 radical (unpaired) electrons. The van der Waals surface area contributed by atoms with Gasteiger partial charge in [0.2, 0.25) is 5.91 Å². The lowest BCUT2D eigenvalue weighted by Gasteiger charge is -2.32. The smallest absolute Gasteiger partial charge is 0.223 e. The number of aryl methyl sites for hydroxylation is 1. The second kappa shape index (κ2) is 8.75. The maximum atomic E-state index is 12.9. The third kappa shape index (κ3) is 4.51. The fraction of sp³-hybridized carbons (Fsp3) is 0.429. The van der Waals surface area contributed by atoms with Crippen LogP contribution in [-0.2, 0) is 11.2 Å². The molecule has 1 aromatic heterocycles. The number of ketones is 1. The maximum Gasteiger partial charge on any atom is 0.223 e. The van der Waals surface area contributed by atoms with E-state index in [1.165, 1.54) is 0 Å². The van der Waals surface area contributed by atoms with Gasteiger partial charge in [-0.05, 0) is 43.2 Å². The van der Waals surface area contributed by atoms with E-state index in [1.54, 1.807) is 43.6 Å². The zero-order chi connectivity index (χ0) is 19.2. The van der Waals surface area contributed by atoms with Crippen molar-refractivity contribution in [3.63, 3.8) is 0 Å². The molecule has 1 fully saturated rings. The Morgan fingerprint density at radius 1 is 1.19 bits per heavy atom. The summed E-state index contributed by atoms with van der Waals surface area (Å²) < 4.78 is 15.8. The summed E-state index contributed by atoms with van der Waals surface area (Å²) in [5.41, 5.74) is 0.586.